The van der Waals surface area contributed by atoms with Crippen molar-refractivity contribution in [1.29, 1.82) is 0 Å². The van der Waals surface area contributed by atoms with Crippen LogP contribution >= 0.6 is 0 Å². The summed E-state index contributed by atoms with van der Waals surface area (Å²) in [7, 11) is 0. The minimum Gasteiger partial charge on any atom is -0.455 e. The summed E-state index contributed by atoms with van der Waals surface area (Å²) in [6.07, 6.45) is 0. The average Bonchev–Trinajstić information content (AvgIpc) is 3.26. The first kappa shape index (κ1) is 26.6. The van der Waals surface area contributed by atoms with Gasteiger partial charge in [0.1, 0.15) is 11.4 Å². The lowest BCUT2D eigenvalue weighted by atomic mass is 9.87. The van der Waals surface area contributed by atoms with Gasteiger partial charge in [-0.3, -0.25) is 9.89 Å². The van der Waals surface area contributed by atoms with Gasteiger partial charge in [0.15, 0.2) is 5.69 Å². The molecule has 1 heterocycles. The highest BCUT2D eigenvalue weighted by molar-refractivity contribution is 6.08. The molecular formula is C30H31N3O5. The molecule has 4 aromatic rings. The fraction of sp³-hybridized carbons (Fsp3) is 0.267. The van der Waals surface area contributed by atoms with Crippen LogP contribution in [0.2, 0.25) is 0 Å². The van der Waals surface area contributed by atoms with Crippen LogP contribution in [0.1, 0.15) is 78.3 Å². The predicted molar refractivity (Wildman–Crippen MR) is 146 cm³/mol. The molecule has 8 heteroatoms. The van der Waals surface area contributed by atoms with Crippen LogP contribution in [0.25, 0.3) is 10.9 Å². The Morgan fingerprint density at radius 1 is 0.842 bits per heavy atom. The molecule has 0 unspecified atom stereocenters. The van der Waals surface area contributed by atoms with E-state index in [0.717, 1.165) is 5.56 Å². The quantitative estimate of drug-likeness (QED) is 0.240. The van der Waals surface area contributed by atoms with E-state index in [1.54, 1.807) is 75.4 Å². The molecule has 0 radical (unpaired) electrons. The number of para-hydroxylation sites is 1. The van der Waals surface area contributed by atoms with E-state index in [4.69, 9.17) is 9.47 Å². The molecule has 0 atom stereocenters. The molecule has 0 saturated heterocycles. The normalized spacial score (nSPS) is 11.7. The highest BCUT2D eigenvalue weighted by Gasteiger charge is 2.23. The Labute approximate surface area is 221 Å². The van der Waals surface area contributed by atoms with Crippen molar-refractivity contribution >= 4 is 34.4 Å². The third kappa shape index (κ3) is 6.08. The van der Waals surface area contributed by atoms with Crippen molar-refractivity contribution in [3.8, 4) is 5.75 Å². The summed E-state index contributed by atoms with van der Waals surface area (Å²) in [6.45, 7) is 11.6. The van der Waals surface area contributed by atoms with Crippen molar-refractivity contribution in [3.05, 3.63) is 89.1 Å². The van der Waals surface area contributed by atoms with E-state index in [0.29, 0.717) is 22.2 Å². The van der Waals surface area contributed by atoms with Crippen molar-refractivity contribution in [2.75, 3.05) is 5.32 Å². The first-order valence-corrected chi connectivity index (χ1v) is 12.3. The first-order chi connectivity index (χ1) is 17.8. The molecule has 0 aliphatic rings. The number of carbonyl (C=O) groups is 3. The number of aromatic amines is 1. The monoisotopic (exact) mass is 513 g/mol. The zero-order valence-corrected chi connectivity index (χ0v) is 22.3. The van der Waals surface area contributed by atoms with Crippen molar-refractivity contribution in [2.24, 2.45) is 0 Å². The maximum Gasteiger partial charge on any atom is 0.360 e. The zero-order valence-electron chi connectivity index (χ0n) is 22.3. The number of aromatic nitrogens is 2. The minimum atomic E-state index is -0.650. The zero-order chi connectivity index (χ0) is 27.7. The molecule has 4 rings (SSSR count). The van der Waals surface area contributed by atoms with Gasteiger partial charge in [0.2, 0.25) is 0 Å². The Morgan fingerprint density at radius 2 is 1.53 bits per heavy atom. The van der Waals surface area contributed by atoms with Crippen molar-refractivity contribution in [2.45, 2.75) is 52.6 Å². The minimum absolute atomic E-state index is 0.0381. The summed E-state index contributed by atoms with van der Waals surface area (Å²) < 4.78 is 11.0. The average molecular weight is 514 g/mol. The molecular weight excluding hydrogens is 482 g/mol. The van der Waals surface area contributed by atoms with Gasteiger partial charge in [0, 0.05) is 11.1 Å². The van der Waals surface area contributed by atoms with Crippen LogP contribution in [-0.4, -0.2) is 33.6 Å². The summed E-state index contributed by atoms with van der Waals surface area (Å²) in [5.74, 6) is -1.41. The number of nitrogens with one attached hydrogen (secondary N) is 2. The van der Waals surface area contributed by atoms with Crippen LogP contribution in [-0.2, 0) is 10.2 Å². The Bertz CT molecular complexity index is 1510. The standard InChI is InChI=1S/C30H31N3O5/c1-29(2,3)19-13-11-18(12-14-19)27(35)37-24-10-8-7-9-22(24)26(34)31-20-15-16-21-23(17-20)32-33-25(21)28(36)38-30(4,5)6/h7-17H,1-6H3,(H,31,34)(H,32,33). The van der Waals surface area contributed by atoms with E-state index in [1.807, 2.05) is 12.1 Å². The van der Waals surface area contributed by atoms with Gasteiger partial charge in [0.25, 0.3) is 5.91 Å². The second-order valence-electron chi connectivity index (χ2n) is 11.0. The Morgan fingerprint density at radius 3 is 2.18 bits per heavy atom. The van der Waals surface area contributed by atoms with E-state index < -0.39 is 23.4 Å². The number of hydrogen-bond acceptors (Lipinski definition) is 6. The third-order valence-corrected chi connectivity index (χ3v) is 5.73. The molecule has 1 amide bonds. The number of anilines is 1. The van der Waals surface area contributed by atoms with Gasteiger partial charge in [-0.2, -0.15) is 5.10 Å². The molecule has 0 aliphatic carbocycles. The van der Waals surface area contributed by atoms with Crippen LogP contribution in [0.5, 0.6) is 5.75 Å². The van der Waals surface area contributed by atoms with Crippen LogP contribution in [0.15, 0.2) is 66.7 Å². The Hall–Kier alpha value is -4.46. The number of esters is 2. The van der Waals surface area contributed by atoms with Crippen LogP contribution in [0, 0.1) is 0 Å². The van der Waals surface area contributed by atoms with Crippen LogP contribution in [0.3, 0.4) is 0 Å². The molecule has 38 heavy (non-hydrogen) atoms. The summed E-state index contributed by atoms with van der Waals surface area (Å²) in [6, 6.07) is 18.8. The molecule has 0 aliphatic heterocycles. The number of carbonyl (C=O) groups excluding carboxylic acids is 3. The van der Waals surface area contributed by atoms with Crippen molar-refractivity contribution in [3.63, 3.8) is 0 Å². The molecule has 0 spiro atoms. The number of H-pyrrole nitrogens is 1. The third-order valence-electron chi connectivity index (χ3n) is 5.73. The second-order valence-corrected chi connectivity index (χ2v) is 11.0. The van der Waals surface area contributed by atoms with Gasteiger partial charge >= 0.3 is 11.9 Å². The highest BCUT2D eigenvalue weighted by atomic mass is 16.6. The van der Waals surface area contributed by atoms with Crippen LogP contribution < -0.4 is 10.1 Å². The largest absolute Gasteiger partial charge is 0.455 e. The molecule has 1 aromatic heterocycles. The lowest BCUT2D eigenvalue weighted by Gasteiger charge is -2.19. The summed E-state index contributed by atoms with van der Waals surface area (Å²) in [5.41, 5.74) is 2.20. The number of nitrogens with zero attached hydrogens (tertiary/aromatic N) is 1. The first-order valence-electron chi connectivity index (χ1n) is 12.3. The maximum atomic E-state index is 13.1. The van der Waals surface area contributed by atoms with Crippen LogP contribution in [0.4, 0.5) is 5.69 Å². The van der Waals surface area contributed by atoms with E-state index >= 15 is 0 Å². The molecule has 2 N–H and O–H groups in total. The van der Waals surface area contributed by atoms with Crippen molar-refractivity contribution in [1.82, 2.24) is 10.2 Å². The molecule has 0 saturated carbocycles. The van der Waals surface area contributed by atoms with Gasteiger partial charge in [-0.05, 0) is 74.2 Å². The van der Waals surface area contributed by atoms with E-state index in [-0.39, 0.29) is 22.4 Å². The van der Waals surface area contributed by atoms with Gasteiger partial charge in [0.05, 0.1) is 16.6 Å². The van der Waals surface area contributed by atoms with Gasteiger partial charge in [-0.1, -0.05) is 45.0 Å². The number of rotatable bonds is 5. The number of ether oxygens (including phenoxy) is 2. The predicted octanol–water partition coefficient (Wildman–Crippen LogP) is 6.29. The molecule has 8 nitrogen and oxygen atoms in total. The molecule has 196 valence electrons. The fourth-order valence-electron chi connectivity index (χ4n) is 3.79. The van der Waals surface area contributed by atoms with Gasteiger partial charge in [-0.25, -0.2) is 9.59 Å². The van der Waals surface area contributed by atoms with E-state index in [2.05, 4.69) is 36.3 Å². The van der Waals surface area contributed by atoms with E-state index in [9.17, 15) is 14.4 Å². The lowest BCUT2D eigenvalue weighted by molar-refractivity contribution is 0.00647. The van der Waals surface area contributed by atoms with Crippen molar-refractivity contribution < 1.29 is 23.9 Å². The second kappa shape index (κ2) is 10.1. The summed E-state index contributed by atoms with van der Waals surface area (Å²) in [4.78, 5) is 38.4. The molecule has 0 bridgehead atoms. The van der Waals surface area contributed by atoms with Gasteiger partial charge in [-0.15, -0.1) is 0 Å². The lowest BCUT2D eigenvalue weighted by Crippen LogP contribution is -2.24. The number of amides is 1. The summed E-state index contributed by atoms with van der Waals surface area (Å²) >= 11 is 0. The van der Waals surface area contributed by atoms with Gasteiger partial charge < -0.3 is 14.8 Å². The number of benzene rings is 3. The number of hydrogen-bond donors (Lipinski definition) is 2. The Kier molecular flexibility index (Phi) is 7.09. The Balaban J connectivity index is 1.50. The maximum absolute atomic E-state index is 13.1. The number of fused-ring (bicyclic) bond motifs is 1. The van der Waals surface area contributed by atoms with E-state index in [1.165, 1.54) is 0 Å². The summed E-state index contributed by atoms with van der Waals surface area (Å²) in [5, 5.41) is 10.3. The smallest absolute Gasteiger partial charge is 0.360 e. The fourth-order valence-corrected chi connectivity index (χ4v) is 3.79. The highest BCUT2D eigenvalue weighted by Crippen LogP contribution is 2.26. The topological polar surface area (TPSA) is 110 Å². The SMILES string of the molecule is CC(C)(C)OC(=O)c1n[nH]c2cc(NC(=O)c3ccccc3OC(=O)c3ccc(C(C)(C)C)cc3)ccc12. The molecule has 3 aromatic carbocycles. The molecule has 0 fully saturated rings.